The summed E-state index contributed by atoms with van der Waals surface area (Å²) < 4.78 is 28.9. The Morgan fingerprint density at radius 1 is 1.07 bits per heavy atom. The van der Waals surface area contributed by atoms with Gasteiger partial charge in [0.15, 0.2) is 0 Å². The van der Waals surface area contributed by atoms with Gasteiger partial charge in [0.25, 0.3) is 5.69 Å². The molecular formula is C18H17Cl2N5O4S. The van der Waals surface area contributed by atoms with Crippen LogP contribution in [0.1, 0.15) is 0 Å². The Labute approximate surface area is 182 Å². The number of nitrogens with zero attached hydrogens (tertiary/aromatic N) is 5. The number of fused-ring (bicyclic) bond motifs is 1. The van der Waals surface area contributed by atoms with Crippen LogP contribution in [0.2, 0.25) is 10.0 Å². The summed E-state index contributed by atoms with van der Waals surface area (Å²) in [5.74, 6) is 0. The summed E-state index contributed by atoms with van der Waals surface area (Å²) >= 11 is 12.0. The molecule has 0 N–H and O–H groups in total. The predicted molar refractivity (Wildman–Crippen MR) is 113 cm³/mol. The van der Waals surface area contributed by atoms with Gasteiger partial charge in [-0.1, -0.05) is 23.2 Å². The van der Waals surface area contributed by atoms with Gasteiger partial charge in [-0.15, -0.1) is 0 Å². The number of nitro benzene ring substituents is 1. The molecule has 0 unspecified atom stereocenters. The molecule has 2 aromatic carbocycles. The number of piperazine rings is 1. The van der Waals surface area contributed by atoms with E-state index in [2.05, 4.69) is 5.10 Å². The van der Waals surface area contributed by atoms with Gasteiger partial charge in [-0.3, -0.25) is 19.7 Å². The van der Waals surface area contributed by atoms with Crippen LogP contribution in [-0.2, 0) is 16.7 Å². The second-order valence-electron chi connectivity index (χ2n) is 6.88. The van der Waals surface area contributed by atoms with Crippen LogP contribution in [0.5, 0.6) is 0 Å². The van der Waals surface area contributed by atoms with Crippen LogP contribution in [0.3, 0.4) is 0 Å². The maximum atomic E-state index is 12.9. The fraction of sp³-hybridized carbons (Fsp3) is 0.278. The standard InChI is InChI=1S/C18H17Cl2N5O4S/c19-14-2-4-16(20)18(9-14)30(28,29)23-7-5-22(6-8-23)12-24-17-10-15(25(26)27)3-1-13(17)11-21-24/h1-4,9-11H,5-8,12H2. The minimum absolute atomic E-state index is 0.00133. The van der Waals surface area contributed by atoms with Gasteiger partial charge in [0.2, 0.25) is 10.0 Å². The number of sulfonamides is 1. The Morgan fingerprint density at radius 2 is 1.80 bits per heavy atom. The van der Waals surface area contributed by atoms with Crippen molar-refractivity contribution < 1.29 is 13.3 Å². The molecule has 0 amide bonds. The van der Waals surface area contributed by atoms with Gasteiger partial charge in [-0.2, -0.15) is 9.40 Å². The van der Waals surface area contributed by atoms with Crippen molar-refractivity contribution in [2.45, 2.75) is 11.6 Å². The lowest BCUT2D eigenvalue weighted by molar-refractivity contribution is -0.384. The normalized spacial score (nSPS) is 16.2. The molecule has 4 rings (SSSR count). The molecule has 1 fully saturated rings. The van der Waals surface area contributed by atoms with E-state index in [0.29, 0.717) is 30.3 Å². The average molecular weight is 470 g/mol. The molecule has 1 saturated heterocycles. The summed E-state index contributed by atoms with van der Waals surface area (Å²) in [5, 5.41) is 16.6. The van der Waals surface area contributed by atoms with Crippen LogP contribution in [0.25, 0.3) is 10.9 Å². The first kappa shape index (κ1) is 21.0. The Bertz CT molecular complexity index is 1220. The SMILES string of the molecule is O=[N+]([O-])c1ccc2cnn(CN3CCN(S(=O)(=O)c4cc(Cl)ccc4Cl)CC3)c2c1. The van der Waals surface area contributed by atoms with E-state index in [1.165, 1.54) is 28.6 Å². The van der Waals surface area contributed by atoms with Crippen molar-refractivity contribution in [3.8, 4) is 0 Å². The average Bonchev–Trinajstić information content (AvgIpc) is 3.12. The van der Waals surface area contributed by atoms with E-state index in [9.17, 15) is 18.5 Å². The molecule has 9 nitrogen and oxygen atoms in total. The van der Waals surface area contributed by atoms with Crippen molar-refractivity contribution in [2.75, 3.05) is 26.2 Å². The maximum Gasteiger partial charge on any atom is 0.271 e. The number of hydrogen-bond acceptors (Lipinski definition) is 6. The molecule has 0 spiro atoms. The van der Waals surface area contributed by atoms with E-state index in [0.717, 1.165) is 5.39 Å². The molecule has 12 heteroatoms. The fourth-order valence-electron chi connectivity index (χ4n) is 3.40. The second-order valence-corrected chi connectivity index (χ2v) is 9.63. The van der Waals surface area contributed by atoms with Gasteiger partial charge in [-0.05, 0) is 24.3 Å². The third-order valence-electron chi connectivity index (χ3n) is 5.02. The summed E-state index contributed by atoms with van der Waals surface area (Å²) in [5.41, 5.74) is 0.656. The highest BCUT2D eigenvalue weighted by Crippen LogP contribution is 2.28. The molecule has 0 bridgehead atoms. The summed E-state index contributed by atoms with van der Waals surface area (Å²) in [6.45, 7) is 1.92. The zero-order valence-corrected chi connectivity index (χ0v) is 17.9. The van der Waals surface area contributed by atoms with E-state index >= 15 is 0 Å². The number of nitro groups is 1. The van der Waals surface area contributed by atoms with Gasteiger partial charge in [-0.25, -0.2) is 8.42 Å². The minimum atomic E-state index is -3.76. The number of halogens is 2. The van der Waals surface area contributed by atoms with Gasteiger partial charge in [0.05, 0.1) is 28.3 Å². The fourth-order valence-corrected chi connectivity index (χ4v) is 5.56. The number of benzene rings is 2. The molecule has 0 atom stereocenters. The first-order valence-corrected chi connectivity index (χ1v) is 11.2. The second kappa shape index (κ2) is 8.12. The summed E-state index contributed by atoms with van der Waals surface area (Å²) in [4.78, 5) is 12.6. The van der Waals surface area contributed by atoms with Crippen LogP contribution < -0.4 is 0 Å². The molecule has 0 aliphatic carbocycles. The van der Waals surface area contributed by atoms with Crippen LogP contribution in [0.15, 0.2) is 47.5 Å². The van der Waals surface area contributed by atoms with Gasteiger partial charge >= 0.3 is 0 Å². The van der Waals surface area contributed by atoms with Crippen molar-refractivity contribution in [3.05, 3.63) is 62.8 Å². The molecule has 0 radical (unpaired) electrons. The van der Waals surface area contributed by atoms with Crippen LogP contribution in [-0.4, -0.2) is 58.5 Å². The lowest BCUT2D eigenvalue weighted by Crippen LogP contribution is -2.48. The molecule has 3 aromatic rings. The van der Waals surface area contributed by atoms with E-state index in [4.69, 9.17) is 23.2 Å². The lowest BCUT2D eigenvalue weighted by Gasteiger charge is -2.34. The summed E-state index contributed by atoms with van der Waals surface area (Å²) in [6.07, 6.45) is 1.65. The predicted octanol–water partition coefficient (Wildman–Crippen LogP) is 3.22. The number of non-ortho nitro benzene ring substituents is 1. The number of aromatic nitrogens is 2. The van der Waals surface area contributed by atoms with Gasteiger partial charge in [0, 0.05) is 48.7 Å². The third kappa shape index (κ3) is 4.01. The molecule has 0 saturated carbocycles. The lowest BCUT2D eigenvalue weighted by atomic mass is 10.2. The first-order chi connectivity index (χ1) is 14.3. The highest BCUT2D eigenvalue weighted by Gasteiger charge is 2.30. The molecule has 2 heterocycles. The summed E-state index contributed by atoms with van der Waals surface area (Å²) in [7, 11) is -3.76. The van der Waals surface area contributed by atoms with Crippen molar-refractivity contribution in [2.24, 2.45) is 0 Å². The van der Waals surface area contributed by atoms with Crippen molar-refractivity contribution >= 4 is 49.8 Å². The monoisotopic (exact) mass is 469 g/mol. The quantitative estimate of drug-likeness (QED) is 0.419. The van der Waals surface area contributed by atoms with E-state index in [1.807, 2.05) is 4.90 Å². The smallest absolute Gasteiger partial charge is 0.271 e. The van der Waals surface area contributed by atoms with Crippen LogP contribution in [0.4, 0.5) is 5.69 Å². The summed E-state index contributed by atoms with van der Waals surface area (Å²) in [6, 6.07) is 8.96. The Morgan fingerprint density at radius 3 is 2.50 bits per heavy atom. The van der Waals surface area contributed by atoms with Crippen molar-refractivity contribution in [3.63, 3.8) is 0 Å². The highest BCUT2D eigenvalue weighted by atomic mass is 35.5. The Hall–Kier alpha value is -2.24. The number of hydrogen-bond donors (Lipinski definition) is 0. The minimum Gasteiger partial charge on any atom is -0.282 e. The van der Waals surface area contributed by atoms with Crippen LogP contribution in [0, 0.1) is 10.1 Å². The number of rotatable bonds is 5. The third-order valence-corrected chi connectivity index (χ3v) is 7.63. The molecule has 158 valence electrons. The Balaban J connectivity index is 1.48. The molecule has 1 aliphatic rings. The zero-order valence-electron chi connectivity index (χ0n) is 15.6. The maximum absolute atomic E-state index is 12.9. The van der Waals surface area contributed by atoms with Crippen LogP contribution >= 0.6 is 23.2 Å². The highest BCUT2D eigenvalue weighted by molar-refractivity contribution is 7.89. The Kier molecular flexibility index (Phi) is 5.69. The molecular weight excluding hydrogens is 453 g/mol. The largest absolute Gasteiger partial charge is 0.282 e. The molecule has 1 aromatic heterocycles. The topological polar surface area (TPSA) is 102 Å². The van der Waals surface area contributed by atoms with E-state index < -0.39 is 14.9 Å². The van der Waals surface area contributed by atoms with Gasteiger partial charge in [0.1, 0.15) is 4.90 Å². The van der Waals surface area contributed by atoms with Crippen molar-refractivity contribution in [1.82, 2.24) is 19.0 Å². The van der Waals surface area contributed by atoms with E-state index in [1.54, 1.807) is 23.0 Å². The van der Waals surface area contributed by atoms with Gasteiger partial charge < -0.3 is 0 Å². The van der Waals surface area contributed by atoms with Crippen molar-refractivity contribution in [1.29, 1.82) is 0 Å². The zero-order chi connectivity index (χ0) is 21.5. The first-order valence-electron chi connectivity index (χ1n) is 9.03. The molecule has 30 heavy (non-hydrogen) atoms. The van der Waals surface area contributed by atoms with E-state index in [-0.39, 0.29) is 28.7 Å². The molecule has 1 aliphatic heterocycles.